The van der Waals surface area contributed by atoms with Crippen molar-refractivity contribution in [3.05, 3.63) is 0 Å². The second-order valence-corrected chi connectivity index (χ2v) is 5.28. The molecule has 3 nitrogen and oxygen atoms in total. The summed E-state index contributed by atoms with van der Waals surface area (Å²) in [5, 5.41) is 0. The lowest BCUT2D eigenvalue weighted by atomic mass is 9.89. The van der Waals surface area contributed by atoms with Crippen LogP contribution in [0.3, 0.4) is 0 Å². The monoisotopic (exact) mass is 228 g/mol. The van der Waals surface area contributed by atoms with Crippen molar-refractivity contribution in [2.24, 2.45) is 11.1 Å². The van der Waals surface area contributed by atoms with Crippen LogP contribution in [-0.2, 0) is 4.79 Å². The lowest BCUT2D eigenvalue weighted by Crippen LogP contribution is -2.40. The van der Waals surface area contributed by atoms with Crippen LogP contribution in [0.5, 0.6) is 0 Å². The van der Waals surface area contributed by atoms with Crippen LogP contribution < -0.4 is 5.73 Å². The number of hydrogen-bond donors (Lipinski definition) is 1. The van der Waals surface area contributed by atoms with Gasteiger partial charge in [0, 0.05) is 24.9 Å². The van der Waals surface area contributed by atoms with E-state index in [9.17, 15) is 4.79 Å². The first-order valence-corrected chi connectivity index (χ1v) is 5.92. The SMILES string of the molecule is CC(C)(CCN1CCCCC1=O)C(N)=S. The number of thiocarbonyl (C=S) groups is 1. The molecule has 2 N–H and O–H groups in total. The van der Waals surface area contributed by atoms with E-state index in [1.54, 1.807) is 0 Å². The van der Waals surface area contributed by atoms with Crippen LogP contribution in [-0.4, -0.2) is 28.9 Å². The zero-order valence-electron chi connectivity index (χ0n) is 9.58. The predicted molar refractivity (Wildman–Crippen MR) is 65.6 cm³/mol. The van der Waals surface area contributed by atoms with Gasteiger partial charge >= 0.3 is 0 Å². The van der Waals surface area contributed by atoms with E-state index in [1.807, 2.05) is 18.7 Å². The van der Waals surface area contributed by atoms with Gasteiger partial charge in [-0.3, -0.25) is 4.79 Å². The fraction of sp³-hybridized carbons (Fsp3) is 0.818. The van der Waals surface area contributed by atoms with Crippen molar-refractivity contribution >= 4 is 23.1 Å². The van der Waals surface area contributed by atoms with Crippen LogP contribution in [0, 0.1) is 5.41 Å². The first-order chi connectivity index (χ1) is 6.93. The molecule has 0 atom stereocenters. The van der Waals surface area contributed by atoms with E-state index in [0.717, 1.165) is 32.4 Å². The highest BCUT2D eigenvalue weighted by atomic mass is 32.1. The van der Waals surface area contributed by atoms with Crippen LogP contribution in [0.2, 0.25) is 0 Å². The van der Waals surface area contributed by atoms with Gasteiger partial charge in [0.25, 0.3) is 0 Å². The molecule has 0 aromatic carbocycles. The second-order valence-electron chi connectivity index (χ2n) is 4.84. The third kappa shape index (κ3) is 3.45. The molecule has 0 spiro atoms. The molecule has 0 unspecified atom stereocenters. The van der Waals surface area contributed by atoms with Gasteiger partial charge in [-0.2, -0.15) is 0 Å². The van der Waals surface area contributed by atoms with Crippen molar-refractivity contribution in [3.63, 3.8) is 0 Å². The zero-order valence-corrected chi connectivity index (χ0v) is 10.4. The summed E-state index contributed by atoms with van der Waals surface area (Å²) in [6, 6.07) is 0. The molecule has 1 amide bonds. The number of carbonyl (C=O) groups excluding carboxylic acids is 1. The predicted octanol–water partition coefficient (Wildman–Crippen LogP) is 1.70. The normalized spacial score (nSPS) is 18.0. The molecule has 1 heterocycles. The zero-order chi connectivity index (χ0) is 11.5. The molecular weight excluding hydrogens is 208 g/mol. The first kappa shape index (κ1) is 12.4. The summed E-state index contributed by atoms with van der Waals surface area (Å²) in [4.78, 5) is 14.0. The Bertz CT molecular complexity index is 263. The lowest BCUT2D eigenvalue weighted by Gasteiger charge is -2.31. The van der Waals surface area contributed by atoms with Gasteiger partial charge in [-0.05, 0) is 19.3 Å². The van der Waals surface area contributed by atoms with Crippen LogP contribution in [0.25, 0.3) is 0 Å². The van der Waals surface area contributed by atoms with E-state index in [4.69, 9.17) is 18.0 Å². The summed E-state index contributed by atoms with van der Waals surface area (Å²) < 4.78 is 0. The fourth-order valence-electron chi connectivity index (χ4n) is 1.64. The highest BCUT2D eigenvalue weighted by molar-refractivity contribution is 7.80. The Labute approximate surface area is 97.0 Å². The fourth-order valence-corrected chi connectivity index (χ4v) is 1.74. The van der Waals surface area contributed by atoms with Crippen molar-refractivity contribution in [3.8, 4) is 0 Å². The Morgan fingerprint density at radius 3 is 2.73 bits per heavy atom. The van der Waals surface area contributed by atoms with Gasteiger partial charge in [-0.15, -0.1) is 0 Å². The molecule has 86 valence electrons. The molecule has 1 aliphatic rings. The third-order valence-electron chi connectivity index (χ3n) is 3.10. The minimum absolute atomic E-state index is 0.146. The van der Waals surface area contributed by atoms with Crippen LogP contribution >= 0.6 is 12.2 Å². The van der Waals surface area contributed by atoms with E-state index >= 15 is 0 Å². The lowest BCUT2D eigenvalue weighted by molar-refractivity contribution is -0.133. The summed E-state index contributed by atoms with van der Waals surface area (Å²) >= 11 is 5.00. The minimum Gasteiger partial charge on any atom is -0.393 e. The maximum absolute atomic E-state index is 11.5. The van der Waals surface area contributed by atoms with E-state index < -0.39 is 0 Å². The number of carbonyl (C=O) groups is 1. The number of rotatable bonds is 4. The van der Waals surface area contributed by atoms with E-state index in [-0.39, 0.29) is 11.3 Å². The van der Waals surface area contributed by atoms with E-state index in [0.29, 0.717) is 11.4 Å². The van der Waals surface area contributed by atoms with Gasteiger partial charge in [0.05, 0.1) is 4.99 Å². The minimum atomic E-state index is -0.146. The molecule has 1 saturated heterocycles. The summed E-state index contributed by atoms with van der Waals surface area (Å²) in [5.74, 6) is 0.278. The van der Waals surface area contributed by atoms with Gasteiger partial charge in [0.15, 0.2) is 0 Å². The molecule has 0 aromatic rings. The molecule has 0 aromatic heterocycles. The van der Waals surface area contributed by atoms with Crippen LogP contribution in [0.1, 0.15) is 39.5 Å². The van der Waals surface area contributed by atoms with Crippen molar-refractivity contribution in [2.45, 2.75) is 39.5 Å². The maximum Gasteiger partial charge on any atom is 0.222 e. The Kier molecular flexibility index (Phi) is 4.08. The highest BCUT2D eigenvalue weighted by Gasteiger charge is 2.24. The van der Waals surface area contributed by atoms with Crippen molar-refractivity contribution in [1.82, 2.24) is 4.90 Å². The molecule has 0 saturated carbocycles. The topological polar surface area (TPSA) is 46.3 Å². The smallest absolute Gasteiger partial charge is 0.222 e. The van der Waals surface area contributed by atoms with Gasteiger partial charge in [-0.1, -0.05) is 26.1 Å². The van der Waals surface area contributed by atoms with Gasteiger partial charge in [-0.25, -0.2) is 0 Å². The molecular formula is C11H20N2OS. The number of piperidine rings is 1. The Morgan fingerprint density at radius 2 is 2.20 bits per heavy atom. The highest BCUT2D eigenvalue weighted by Crippen LogP contribution is 2.22. The largest absolute Gasteiger partial charge is 0.393 e. The summed E-state index contributed by atoms with van der Waals surface area (Å²) in [6.07, 6.45) is 3.72. The van der Waals surface area contributed by atoms with Crippen molar-refractivity contribution in [2.75, 3.05) is 13.1 Å². The number of amides is 1. The standard InChI is InChI=1S/C11H20N2OS/c1-11(2,10(12)15)6-8-13-7-4-3-5-9(13)14/h3-8H2,1-2H3,(H2,12,15). The van der Waals surface area contributed by atoms with Crippen LogP contribution in [0.15, 0.2) is 0 Å². The van der Waals surface area contributed by atoms with Gasteiger partial charge in [0.2, 0.25) is 5.91 Å². The number of hydrogen-bond acceptors (Lipinski definition) is 2. The van der Waals surface area contributed by atoms with Crippen molar-refractivity contribution in [1.29, 1.82) is 0 Å². The third-order valence-corrected chi connectivity index (χ3v) is 3.65. The Morgan fingerprint density at radius 1 is 1.53 bits per heavy atom. The van der Waals surface area contributed by atoms with E-state index in [1.165, 1.54) is 0 Å². The summed E-state index contributed by atoms with van der Waals surface area (Å²) in [6.45, 7) is 5.74. The van der Waals surface area contributed by atoms with Crippen LogP contribution in [0.4, 0.5) is 0 Å². The van der Waals surface area contributed by atoms with Gasteiger partial charge < -0.3 is 10.6 Å². The molecule has 1 rings (SSSR count). The maximum atomic E-state index is 11.5. The van der Waals surface area contributed by atoms with E-state index in [2.05, 4.69) is 0 Å². The number of nitrogens with zero attached hydrogens (tertiary/aromatic N) is 1. The average Bonchev–Trinajstić information content (AvgIpc) is 2.16. The molecule has 1 aliphatic heterocycles. The Hall–Kier alpha value is -0.640. The number of likely N-dealkylation sites (tertiary alicyclic amines) is 1. The molecule has 0 aliphatic carbocycles. The molecule has 1 fully saturated rings. The molecule has 4 heteroatoms. The van der Waals surface area contributed by atoms with Crippen molar-refractivity contribution < 1.29 is 4.79 Å². The second kappa shape index (κ2) is 4.92. The number of nitrogens with two attached hydrogens (primary N) is 1. The molecule has 15 heavy (non-hydrogen) atoms. The summed E-state index contributed by atoms with van der Waals surface area (Å²) in [7, 11) is 0. The van der Waals surface area contributed by atoms with Gasteiger partial charge in [0.1, 0.15) is 0 Å². The average molecular weight is 228 g/mol. The Balaban J connectivity index is 2.42. The molecule has 0 radical (unpaired) electrons. The molecule has 0 bridgehead atoms. The summed E-state index contributed by atoms with van der Waals surface area (Å²) in [5.41, 5.74) is 5.50. The quantitative estimate of drug-likeness (QED) is 0.745. The first-order valence-electron chi connectivity index (χ1n) is 5.51.